The highest BCUT2D eigenvalue weighted by molar-refractivity contribution is 6.17. The quantitative estimate of drug-likeness (QED) is 0.534. The number of halogens is 6. The Kier molecular flexibility index (Phi) is 4.37. The summed E-state index contributed by atoms with van der Waals surface area (Å²) in [4.78, 5) is 0. The predicted molar refractivity (Wildman–Crippen MR) is 67.4 cm³/mol. The molecule has 0 spiro atoms. The summed E-state index contributed by atoms with van der Waals surface area (Å²) < 4.78 is 70.2. The van der Waals surface area contributed by atoms with Crippen molar-refractivity contribution >= 4 is 11.6 Å². The lowest BCUT2D eigenvalue weighted by molar-refractivity contribution is -0.138. The Labute approximate surface area is 121 Å². The molecule has 21 heavy (non-hydrogen) atoms. The molecule has 112 valence electrons. The molecule has 2 aromatic carbocycles. The molecule has 0 fully saturated rings. The zero-order valence-corrected chi connectivity index (χ0v) is 11.1. The number of alkyl halides is 4. The molecule has 0 saturated carbocycles. The van der Waals surface area contributed by atoms with Crippen LogP contribution in [-0.2, 0) is 12.1 Å². The molecule has 0 aliphatic carbocycles. The van der Waals surface area contributed by atoms with Gasteiger partial charge in [0.2, 0.25) is 5.82 Å². The fourth-order valence-corrected chi connectivity index (χ4v) is 1.82. The highest BCUT2D eigenvalue weighted by atomic mass is 35.5. The van der Waals surface area contributed by atoms with Gasteiger partial charge in [0.15, 0.2) is 11.6 Å². The molecule has 0 saturated heterocycles. The van der Waals surface area contributed by atoms with Gasteiger partial charge in [0, 0.05) is 5.88 Å². The van der Waals surface area contributed by atoms with E-state index >= 15 is 0 Å². The zero-order valence-electron chi connectivity index (χ0n) is 10.3. The molecular weight excluding hydrogens is 315 g/mol. The van der Waals surface area contributed by atoms with E-state index in [4.69, 9.17) is 16.3 Å². The van der Waals surface area contributed by atoms with E-state index in [0.29, 0.717) is 0 Å². The summed E-state index contributed by atoms with van der Waals surface area (Å²) in [6, 6.07) is 6.14. The Balaban J connectivity index is 2.46. The van der Waals surface area contributed by atoms with Crippen LogP contribution in [0.2, 0.25) is 0 Å². The lowest BCUT2D eigenvalue weighted by Crippen LogP contribution is -2.08. The Morgan fingerprint density at radius 1 is 1.00 bits per heavy atom. The van der Waals surface area contributed by atoms with Crippen LogP contribution in [0.15, 0.2) is 36.4 Å². The molecular formula is C14H8ClF5O. The molecule has 0 aromatic heterocycles. The van der Waals surface area contributed by atoms with Crippen LogP contribution in [0.1, 0.15) is 11.1 Å². The van der Waals surface area contributed by atoms with Gasteiger partial charge in [0.25, 0.3) is 0 Å². The van der Waals surface area contributed by atoms with Crippen molar-refractivity contribution in [3.05, 3.63) is 59.2 Å². The average Bonchev–Trinajstić information content (AvgIpc) is 2.43. The maximum absolute atomic E-state index is 13.5. The largest absolute Gasteiger partial charge is 0.454 e. The first-order valence-corrected chi connectivity index (χ1v) is 6.24. The van der Waals surface area contributed by atoms with Crippen molar-refractivity contribution in [1.82, 2.24) is 0 Å². The second-order valence-corrected chi connectivity index (χ2v) is 4.38. The van der Waals surface area contributed by atoms with Crippen molar-refractivity contribution in [3.63, 3.8) is 0 Å². The van der Waals surface area contributed by atoms with E-state index in [1.165, 1.54) is 6.07 Å². The Hall–Kier alpha value is -1.82. The topological polar surface area (TPSA) is 9.23 Å². The maximum atomic E-state index is 13.5. The van der Waals surface area contributed by atoms with Crippen LogP contribution < -0.4 is 4.74 Å². The van der Waals surface area contributed by atoms with Crippen molar-refractivity contribution in [2.45, 2.75) is 12.1 Å². The normalized spacial score (nSPS) is 11.5. The van der Waals surface area contributed by atoms with E-state index < -0.39 is 34.9 Å². The van der Waals surface area contributed by atoms with Crippen molar-refractivity contribution in [2.24, 2.45) is 0 Å². The van der Waals surface area contributed by atoms with Gasteiger partial charge in [-0.2, -0.15) is 17.6 Å². The summed E-state index contributed by atoms with van der Waals surface area (Å²) >= 11 is 5.49. The predicted octanol–water partition coefficient (Wildman–Crippen LogP) is 5.51. The van der Waals surface area contributed by atoms with Gasteiger partial charge >= 0.3 is 6.18 Å². The first-order valence-electron chi connectivity index (χ1n) is 5.71. The van der Waals surface area contributed by atoms with Crippen LogP contribution in [0.3, 0.4) is 0 Å². The zero-order chi connectivity index (χ0) is 15.6. The van der Waals surface area contributed by atoms with Gasteiger partial charge in [-0.25, -0.2) is 4.39 Å². The van der Waals surface area contributed by atoms with Crippen LogP contribution in [0, 0.1) is 11.6 Å². The third-order valence-corrected chi connectivity index (χ3v) is 2.95. The summed E-state index contributed by atoms with van der Waals surface area (Å²) in [6.07, 6.45) is -4.71. The van der Waals surface area contributed by atoms with E-state index in [0.717, 1.165) is 30.3 Å². The molecule has 0 aliphatic rings. The minimum Gasteiger partial charge on any atom is -0.454 e. The number of benzene rings is 2. The first-order chi connectivity index (χ1) is 9.82. The summed E-state index contributed by atoms with van der Waals surface area (Å²) in [6.45, 7) is 0. The van der Waals surface area contributed by atoms with Crippen LogP contribution in [0.4, 0.5) is 22.0 Å². The van der Waals surface area contributed by atoms with E-state index in [9.17, 15) is 22.0 Å². The van der Waals surface area contributed by atoms with E-state index in [2.05, 4.69) is 0 Å². The van der Waals surface area contributed by atoms with E-state index in [1.54, 1.807) is 0 Å². The van der Waals surface area contributed by atoms with Crippen LogP contribution in [-0.4, -0.2) is 0 Å². The summed E-state index contributed by atoms with van der Waals surface area (Å²) in [7, 11) is 0. The van der Waals surface area contributed by atoms with Gasteiger partial charge in [0.1, 0.15) is 5.75 Å². The maximum Gasteiger partial charge on any atom is 0.419 e. The van der Waals surface area contributed by atoms with E-state index in [1.807, 2.05) is 0 Å². The highest BCUT2D eigenvalue weighted by Gasteiger charge is 2.35. The minimum atomic E-state index is -4.71. The molecule has 0 N–H and O–H groups in total. The Bertz CT molecular complexity index is 654. The summed E-state index contributed by atoms with van der Waals surface area (Å²) in [5.41, 5.74) is -0.875. The van der Waals surface area contributed by atoms with Gasteiger partial charge in [-0.3, -0.25) is 0 Å². The van der Waals surface area contributed by atoms with Crippen LogP contribution >= 0.6 is 11.6 Å². The van der Waals surface area contributed by atoms with Gasteiger partial charge in [-0.05, 0) is 29.8 Å². The molecule has 0 atom stereocenters. The molecule has 1 nitrogen and oxygen atoms in total. The third-order valence-electron chi connectivity index (χ3n) is 2.64. The lowest BCUT2D eigenvalue weighted by atomic mass is 10.1. The molecule has 0 aliphatic heterocycles. The average molecular weight is 323 g/mol. The summed E-state index contributed by atoms with van der Waals surface area (Å²) in [5.74, 6) is -3.93. The summed E-state index contributed by atoms with van der Waals surface area (Å²) in [5, 5.41) is 0. The second kappa shape index (κ2) is 5.89. The van der Waals surface area contributed by atoms with Gasteiger partial charge in [-0.15, -0.1) is 11.6 Å². The van der Waals surface area contributed by atoms with Crippen molar-refractivity contribution in [3.8, 4) is 11.5 Å². The lowest BCUT2D eigenvalue weighted by Gasteiger charge is -2.15. The molecule has 0 radical (unpaired) electrons. The number of hydrogen-bond acceptors (Lipinski definition) is 1. The molecule has 0 heterocycles. The van der Waals surface area contributed by atoms with Gasteiger partial charge in [0.05, 0.1) is 5.56 Å². The second-order valence-electron chi connectivity index (χ2n) is 4.12. The Morgan fingerprint density at radius 2 is 1.71 bits per heavy atom. The number of ether oxygens (including phenoxy) is 1. The first kappa shape index (κ1) is 15.6. The molecule has 7 heteroatoms. The fourth-order valence-electron chi connectivity index (χ4n) is 1.65. The molecule has 2 aromatic rings. The molecule has 0 amide bonds. The minimum absolute atomic E-state index is 0.113. The standard InChI is InChI=1S/C14H8ClF5O/c15-7-8-4-5-11(9(6-8)14(18,19)20)21-12-3-1-2-10(16)13(12)17/h1-6H,7H2. The number of rotatable bonds is 3. The van der Waals surface area contributed by atoms with Gasteiger partial charge in [-0.1, -0.05) is 12.1 Å². The van der Waals surface area contributed by atoms with Crippen molar-refractivity contribution < 1.29 is 26.7 Å². The Morgan fingerprint density at radius 3 is 2.33 bits per heavy atom. The van der Waals surface area contributed by atoms with Crippen molar-refractivity contribution in [1.29, 1.82) is 0 Å². The monoisotopic (exact) mass is 322 g/mol. The smallest absolute Gasteiger partial charge is 0.419 e. The number of hydrogen-bond donors (Lipinski definition) is 0. The van der Waals surface area contributed by atoms with E-state index in [-0.39, 0.29) is 11.4 Å². The van der Waals surface area contributed by atoms with Crippen molar-refractivity contribution in [2.75, 3.05) is 0 Å². The molecule has 0 bridgehead atoms. The fraction of sp³-hybridized carbons (Fsp3) is 0.143. The van der Waals surface area contributed by atoms with Crippen LogP contribution in [0.25, 0.3) is 0 Å². The van der Waals surface area contributed by atoms with Gasteiger partial charge < -0.3 is 4.74 Å². The molecule has 2 rings (SSSR count). The highest BCUT2D eigenvalue weighted by Crippen LogP contribution is 2.39. The third kappa shape index (κ3) is 3.44. The SMILES string of the molecule is Fc1cccc(Oc2ccc(CCl)cc2C(F)(F)F)c1F. The molecule has 0 unspecified atom stereocenters. The van der Waals surface area contributed by atoms with Crippen LogP contribution in [0.5, 0.6) is 11.5 Å².